The third kappa shape index (κ3) is 3.85. The van der Waals surface area contributed by atoms with E-state index in [-0.39, 0.29) is 22.9 Å². The number of carboxylic acid groups (broad SMARTS) is 1. The molecule has 0 saturated carbocycles. The molecule has 1 rings (SSSR count). The fourth-order valence-electron chi connectivity index (χ4n) is 1.12. The molecule has 1 heterocycles. The molecule has 0 aliphatic heterocycles. The van der Waals surface area contributed by atoms with Crippen molar-refractivity contribution < 1.29 is 19.8 Å². The van der Waals surface area contributed by atoms with Crippen molar-refractivity contribution in [2.45, 2.75) is 12.5 Å². The molecule has 0 aliphatic rings. The van der Waals surface area contributed by atoms with Gasteiger partial charge < -0.3 is 15.5 Å². The standard InChI is InChI=1S/C9H9Cl2NO4S/c10-6-3-4(7(11)17-6)8(14)12-5(1-2-13)9(15)16/h3,5,13H,1-2H2,(H,12,14)(H,15,16)/t5-/m0/s1. The lowest BCUT2D eigenvalue weighted by atomic mass is 10.2. The Hall–Kier alpha value is -0.820. The van der Waals surface area contributed by atoms with Gasteiger partial charge in [-0.25, -0.2) is 4.79 Å². The minimum atomic E-state index is -1.22. The van der Waals surface area contributed by atoms with E-state index in [1.54, 1.807) is 0 Å². The van der Waals surface area contributed by atoms with Crippen molar-refractivity contribution in [2.24, 2.45) is 0 Å². The molecule has 0 saturated heterocycles. The molecule has 17 heavy (non-hydrogen) atoms. The Kier molecular flexibility index (Phi) is 5.20. The minimum absolute atomic E-state index is 0.0729. The van der Waals surface area contributed by atoms with Crippen molar-refractivity contribution in [1.29, 1.82) is 0 Å². The Bertz CT molecular complexity index is 435. The number of aliphatic hydroxyl groups is 1. The van der Waals surface area contributed by atoms with E-state index < -0.39 is 17.9 Å². The molecule has 3 N–H and O–H groups in total. The Morgan fingerprint density at radius 1 is 1.47 bits per heavy atom. The zero-order valence-electron chi connectivity index (χ0n) is 8.44. The van der Waals surface area contributed by atoms with E-state index in [1.807, 2.05) is 0 Å². The van der Waals surface area contributed by atoms with Crippen LogP contribution in [0.5, 0.6) is 0 Å². The smallest absolute Gasteiger partial charge is 0.326 e. The summed E-state index contributed by atoms with van der Waals surface area (Å²) in [5.41, 5.74) is 0.130. The minimum Gasteiger partial charge on any atom is -0.480 e. The van der Waals surface area contributed by atoms with Crippen LogP contribution < -0.4 is 5.32 Å². The SMILES string of the molecule is O=C(N[C@@H](CCO)C(=O)O)c1cc(Cl)sc1Cl. The zero-order valence-corrected chi connectivity index (χ0v) is 10.8. The molecule has 1 amide bonds. The lowest BCUT2D eigenvalue weighted by Gasteiger charge is -2.12. The fraction of sp³-hybridized carbons (Fsp3) is 0.333. The van der Waals surface area contributed by atoms with Crippen LogP contribution in [0.2, 0.25) is 8.67 Å². The second kappa shape index (κ2) is 6.20. The average Bonchev–Trinajstić information content (AvgIpc) is 2.57. The summed E-state index contributed by atoms with van der Waals surface area (Å²) < 4.78 is 0.537. The topological polar surface area (TPSA) is 86.6 Å². The monoisotopic (exact) mass is 297 g/mol. The number of nitrogens with one attached hydrogen (secondary N) is 1. The van der Waals surface area contributed by atoms with E-state index in [2.05, 4.69) is 5.32 Å². The molecule has 0 aromatic carbocycles. The number of hydrogen-bond acceptors (Lipinski definition) is 4. The molecule has 1 aromatic heterocycles. The number of carbonyl (C=O) groups is 2. The predicted octanol–water partition coefficient (Wildman–Crippen LogP) is 1.62. The van der Waals surface area contributed by atoms with E-state index in [9.17, 15) is 9.59 Å². The molecular weight excluding hydrogens is 289 g/mol. The summed E-state index contributed by atoms with van der Waals surface area (Å²) in [6.45, 7) is -0.338. The van der Waals surface area contributed by atoms with Crippen molar-refractivity contribution in [2.75, 3.05) is 6.61 Å². The van der Waals surface area contributed by atoms with Crippen LogP contribution in [0, 0.1) is 0 Å². The van der Waals surface area contributed by atoms with Crippen LogP contribution in [-0.2, 0) is 4.79 Å². The van der Waals surface area contributed by atoms with Crippen molar-refractivity contribution in [1.82, 2.24) is 5.32 Å². The number of aliphatic carboxylic acids is 1. The molecule has 1 atom stereocenters. The van der Waals surface area contributed by atoms with Gasteiger partial charge in [0.2, 0.25) is 0 Å². The molecule has 5 nitrogen and oxygen atoms in total. The average molecular weight is 298 g/mol. The first kappa shape index (κ1) is 14.2. The van der Waals surface area contributed by atoms with Crippen molar-refractivity contribution >= 4 is 46.4 Å². The number of rotatable bonds is 5. The van der Waals surface area contributed by atoms with Gasteiger partial charge in [0.05, 0.1) is 9.90 Å². The van der Waals surface area contributed by atoms with Gasteiger partial charge in [0.15, 0.2) is 0 Å². The molecule has 8 heteroatoms. The first-order valence-electron chi connectivity index (χ1n) is 4.55. The highest BCUT2D eigenvalue weighted by Crippen LogP contribution is 2.31. The second-order valence-corrected chi connectivity index (χ2v) is 5.40. The number of amides is 1. The summed E-state index contributed by atoms with van der Waals surface area (Å²) in [7, 11) is 0. The summed E-state index contributed by atoms with van der Waals surface area (Å²) in [6, 6.07) is 0.212. The lowest BCUT2D eigenvalue weighted by molar-refractivity contribution is -0.139. The van der Waals surface area contributed by atoms with Crippen LogP contribution in [0.1, 0.15) is 16.8 Å². The Morgan fingerprint density at radius 3 is 2.53 bits per heavy atom. The van der Waals surface area contributed by atoms with Gasteiger partial charge in [0.1, 0.15) is 10.4 Å². The second-order valence-electron chi connectivity index (χ2n) is 3.11. The summed E-state index contributed by atoms with van der Waals surface area (Å²) in [5, 5.41) is 19.7. The van der Waals surface area contributed by atoms with Gasteiger partial charge >= 0.3 is 5.97 Å². The van der Waals surface area contributed by atoms with Crippen LogP contribution in [0.3, 0.4) is 0 Å². The fourth-order valence-corrected chi connectivity index (χ4v) is 2.58. The van der Waals surface area contributed by atoms with Gasteiger partial charge in [0, 0.05) is 13.0 Å². The van der Waals surface area contributed by atoms with Crippen LogP contribution in [-0.4, -0.2) is 34.7 Å². The number of carbonyl (C=O) groups excluding carboxylic acids is 1. The number of thiophene rings is 1. The van der Waals surface area contributed by atoms with Gasteiger partial charge in [-0.3, -0.25) is 4.79 Å². The van der Waals surface area contributed by atoms with Gasteiger partial charge in [-0.1, -0.05) is 23.2 Å². The van der Waals surface area contributed by atoms with Gasteiger partial charge in [-0.05, 0) is 6.07 Å². The Balaban J connectivity index is 2.77. The van der Waals surface area contributed by atoms with E-state index in [4.69, 9.17) is 33.4 Å². The summed E-state index contributed by atoms with van der Waals surface area (Å²) in [6.07, 6.45) is -0.0729. The molecule has 0 fully saturated rings. The van der Waals surface area contributed by atoms with Crippen molar-refractivity contribution in [3.63, 3.8) is 0 Å². The predicted molar refractivity (Wildman–Crippen MR) is 64.9 cm³/mol. The molecule has 0 spiro atoms. The van der Waals surface area contributed by atoms with Crippen LogP contribution in [0.15, 0.2) is 6.07 Å². The Labute approximate surface area is 111 Å². The zero-order chi connectivity index (χ0) is 13.0. The molecule has 0 unspecified atom stereocenters. The lowest BCUT2D eigenvalue weighted by Crippen LogP contribution is -2.41. The quantitative estimate of drug-likeness (QED) is 0.771. The third-order valence-corrected chi connectivity index (χ3v) is 3.41. The highest BCUT2D eigenvalue weighted by Gasteiger charge is 2.22. The maximum atomic E-state index is 11.7. The van der Waals surface area contributed by atoms with E-state index in [0.29, 0.717) is 4.34 Å². The summed E-state index contributed by atoms with van der Waals surface area (Å²) >= 11 is 12.4. The number of halogens is 2. The van der Waals surface area contributed by atoms with Crippen LogP contribution in [0.4, 0.5) is 0 Å². The molecule has 94 valence electrons. The highest BCUT2D eigenvalue weighted by atomic mass is 35.5. The molecular formula is C9H9Cl2NO4S. The number of hydrogen-bond donors (Lipinski definition) is 3. The summed E-state index contributed by atoms with van der Waals surface area (Å²) in [4.78, 5) is 22.4. The number of aliphatic hydroxyl groups excluding tert-OH is 1. The summed E-state index contributed by atoms with van der Waals surface area (Å²) in [5.74, 6) is -1.84. The third-order valence-electron chi connectivity index (χ3n) is 1.92. The normalized spacial score (nSPS) is 12.2. The van der Waals surface area contributed by atoms with Crippen LogP contribution >= 0.6 is 34.5 Å². The van der Waals surface area contributed by atoms with Gasteiger partial charge in [0.25, 0.3) is 5.91 Å². The van der Waals surface area contributed by atoms with Crippen LogP contribution in [0.25, 0.3) is 0 Å². The molecule has 0 radical (unpaired) electrons. The van der Waals surface area contributed by atoms with Gasteiger partial charge in [-0.15, -0.1) is 11.3 Å². The Morgan fingerprint density at radius 2 is 2.12 bits per heavy atom. The van der Waals surface area contributed by atoms with Crippen molar-refractivity contribution in [3.05, 3.63) is 20.3 Å². The first-order chi connectivity index (χ1) is 7.95. The molecule has 0 bridgehead atoms. The van der Waals surface area contributed by atoms with Gasteiger partial charge in [-0.2, -0.15) is 0 Å². The van der Waals surface area contributed by atoms with E-state index in [1.165, 1.54) is 6.07 Å². The van der Waals surface area contributed by atoms with E-state index in [0.717, 1.165) is 11.3 Å². The molecule has 0 aliphatic carbocycles. The van der Waals surface area contributed by atoms with E-state index >= 15 is 0 Å². The highest BCUT2D eigenvalue weighted by molar-refractivity contribution is 7.20. The maximum absolute atomic E-state index is 11.7. The number of carboxylic acids is 1. The maximum Gasteiger partial charge on any atom is 0.326 e. The first-order valence-corrected chi connectivity index (χ1v) is 6.12. The molecule has 1 aromatic rings. The van der Waals surface area contributed by atoms with Crippen molar-refractivity contribution in [3.8, 4) is 0 Å². The largest absolute Gasteiger partial charge is 0.480 e.